The Labute approximate surface area is 144 Å². The molecule has 25 heavy (non-hydrogen) atoms. The molecule has 1 heterocycles. The molecule has 0 saturated carbocycles. The molecule has 0 aliphatic heterocycles. The maximum absolute atomic E-state index is 12.4. The molecular formula is C17H17N5O3. The second-order valence-corrected chi connectivity index (χ2v) is 5.14. The molecule has 8 nitrogen and oxygen atoms in total. The van der Waals surface area contributed by atoms with Gasteiger partial charge in [-0.2, -0.15) is 0 Å². The van der Waals surface area contributed by atoms with Gasteiger partial charge in [0.1, 0.15) is 18.0 Å². The van der Waals surface area contributed by atoms with Crippen molar-refractivity contribution in [1.82, 2.24) is 20.2 Å². The number of anilines is 1. The van der Waals surface area contributed by atoms with E-state index < -0.39 is 0 Å². The van der Waals surface area contributed by atoms with E-state index in [1.807, 2.05) is 30.3 Å². The SMILES string of the molecule is COc1ccc(OC)c(NC(=O)Cn2nnnc2-c2ccccc2)c1. The van der Waals surface area contributed by atoms with Crippen molar-refractivity contribution in [2.45, 2.75) is 6.54 Å². The van der Waals surface area contributed by atoms with Crippen molar-refractivity contribution < 1.29 is 14.3 Å². The number of rotatable bonds is 6. The summed E-state index contributed by atoms with van der Waals surface area (Å²) >= 11 is 0. The normalized spacial score (nSPS) is 10.3. The first-order valence-corrected chi connectivity index (χ1v) is 7.54. The quantitative estimate of drug-likeness (QED) is 0.738. The van der Waals surface area contributed by atoms with E-state index in [0.29, 0.717) is 23.0 Å². The van der Waals surface area contributed by atoms with Gasteiger partial charge < -0.3 is 14.8 Å². The van der Waals surface area contributed by atoms with Crippen LogP contribution in [0.1, 0.15) is 0 Å². The predicted octanol–water partition coefficient (Wildman–Crippen LogP) is 2.00. The molecule has 1 N–H and O–H groups in total. The first-order valence-electron chi connectivity index (χ1n) is 7.54. The molecule has 0 radical (unpaired) electrons. The van der Waals surface area contributed by atoms with Gasteiger partial charge in [0.15, 0.2) is 5.82 Å². The summed E-state index contributed by atoms with van der Waals surface area (Å²) in [7, 11) is 3.09. The zero-order chi connectivity index (χ0) is 17.6. The third kappa shape index (κ3) is 3.74. The second kappa shape index (κ2) is 7.43. The van der Waals surface area contributed by atoms with Crippen LogP contribution < -0.4 is 14.8 Å². The van der Waals surface area contributed by atoms with Gasteiger partial charge >= 0.3 is 0 Å². The van der Waals surface area contributed by atoms with Crippen LogP contribution in [-0.2, 0) is 11.3 Å². The van der Waals surface area contributed by atoms with Crippen molar-refractivity contribution >= 4 is 11.6 Å². The molecule has 0 bridgehead atoms. The Kier molecular flexibility index (Phi) is 4.89. The van der Waals surface area contributed by atoms with Crippen LogP contribution in [-0.4, -0.2) is 40.3 Å². The highest BCUT2D eigenvalue weighted by molar-refractivity contribution is 5.92. The first-order chi connectivity index (χ1) is 12.2. The van der Waals surface area contributed by atoms with Crippen molar-refractivity contribution in [1.29, 1.82) is 0 Å². The third-order valence-electron chi connectivity index (χ3n) is 3.54. The minimum Gasteiger partial charge on any atom is -0.497 e. The van der Waals surface area contributed by atoms with Crippen molar-refractivity contribution in [3.8, 4) is 22.9 Å². The van der Waals surface area contributed by atoms with Gasteiger partial charge in [0.25, 0.3) is 0 Å². The lowest BCUT2D eigenvalue weighted by Crippen LogP contribution is -2.20. The molecule has 0 saturated heterocycles. The lowest BCUT2D eigenvalue weighted by atomic mass is 10.2. The number of tetrazole rings is 1. The third-order valence-corrected chi connectivity index (χ3v) is 3.54. The number of nitrogens with one attached hydrogen (secondary N) is 1. The minimum atomic E-state index is -0.281. The highest BCUT2D eigenvalue weighted by Crippen LogP contribution is 2.28. The maximum atomic E-state index is 12.4. The number of nitrogens with zero attached hydrogens (tertiary/aromatic N) is 4. The van der Waals surface area contributed by atoms with Gasteiger partial charge in [-0.1, -0.05) is 30.3 Å². The Morgan fingerprint density at radius 3 is 2.64 bits per heavy atom. The molecule has 0 aliphatic rings. The van der Waals surface area contributed by atoms with Crippen LogP contribution in [0.3, 0.4) is 0 Å². The van der Waals surface area contributed by atoms with E-state index in [0.717, 1.165) is 5.56 Å². The lowest BCUT2D eigenvalue weighted by Gasteiger charge is -2.12. The van der Waals surface area contributed by atoms with Gasteiger partial charge in [0, 0.05) is 11.6 Å². The molecule has 0 spiro atoms. The number of carbonyl (C=O) groups excluding carboxylic acids is 1. The number of aromatic nitrogens is 4. The number of benzene rings is 2. The molecule has 128 valence electrons. The zero-order valence-corrected chi connectivity index (χ0v) is 13.8. The van der Waals surface area contributed by atoms with Crippen molar-refractivity contribution in [2.24, 2.45) is 0 Å². The first kappa shape index (κ1) is 16.4. The summed E-state index contributed by atoms with van der Waals surface area (Å²) in [5, 5.41) is 14.3. The lowest BCUT2D eigenvalue weighted by molar-refractivity contribution is -0.116. The Morgan fingerprint density at radius 2 is 1.92 bits per heavy atom. The van der Waals surface area contributed by atoms with Crippen molar-refractivity contribution in [2.75, 3.05) is 19.5 Å². The molecule has 0 unspecified atom stereocenters. The number of amides is 1. The molecule has 3 rings (SSSR count). The molecule has 0 atom stereocenters. The van der Waals surface area contributed by atoms with E-state index in [9.17, 15) is 4.79 Å². The van der Waals surface area contributed by atoms with Gasteiger partial charge in [0.2, 0.25) is 5.91 Å². The average Bonchev–Trinajstić information content (AvgIpc) is 3.10. The Morgan fingerprint density at radius 1 is 1.12 bits per heavy atom. The maximum Gasteiger partial charge on any atom is 0.246 e. The van der Waals surface area contributed by atoms with Crippen LogP contribution in [0.25, 0.3) is 11.4 Å². The van der Waals surface area contributed by atoms with Gasteiger partial charge in [-0.25, -0.2) is 4.68 Å². The van der Waals surface area contributed by atoms with E-state index in [4.69, 9.17) is 9.47 Å². The van der Waals surface area contributed by atoms with E-state index in [-0.39, 0.29) is 12.5 Å². The number of carbonyl (C=O) groups is 1. The van der Waals surface area contributed by atoms with E-state index in [2.05, 4.69) is 20.8 Å². The summed E-state index contributed by atoms with van der Waals surface area (Å²) in [5.74, 6) is 1.39. The van der Waals surface area contributed by atoms with E-state index in [1.54, 1.807) is 25.3 Å². The molecule has 0 aliphatic carbocycles. The largest absolute Gasteiger partial charge is 0.497 e. The fraction of sp³-hybridized carbons (Fsp3) is 0.176. The monoisotopic (exact) mass is 339 g/mol. The highest BCUT2D eigenvalue weighted by atomic mass is 16.5. The second-order valence-electron chi connectivity index (χ2n) is 5.14. The Balaban J connectivity index is 1.77. The molecular weight excluding hydrogens is 322 g/mol. The van der Waals surface area contributed by atoms with Gasteiger partial charge in [-0.15, -0.1) is 5.10 Å². The highest BCUT2D eigenvalue weighted by Gasteiger charge is 2.14. The van der Waals surface area contributed by atoms with Crippen LogP contribution in [0, 0.1) is 0 Å². The Bertz CT molecular complexity index is 864. The molecule has 2 aromatic carbocycles. The fourth-order valence-electron chi connectivity index (χ4n) is 2.34. The topological polar surface area (TPSA) is 91.2 Å². The van der Waals surface area contributed by atoms with Crippen LogP contribution in [0.4, 0.5) is 5.69 Å². The molecule has 1 aromatic heterocycles. The van der Waals surface area contributed by atoms with E-state index >= 15 is 0 Å². The molecule has 1 amide bonds. The number of hydrogen-bond acceptors (Lipinski definition) is 6. The summed E-state index contributed by atoms with van der Waals surface area (Å²) in [6, 6.07) is 14.6. The zero-order valence-electron chi connectivity index (χ0n) is 13.8. The standard InChI is InChI=1S/C17H17N5O3/c1-24-13-8-9-15(25-2)14(10-13)18-16(23)11-22-17(19-20-21-22)12-6-4-3-5-7-12/h3-10H,11H2,1-2H3,(H,18,23). The smallest absolute Gasteiger partial charge is 0.246 e. The van der Waals surface area contributed by atoms with Crippen LogP contribution >= 0.6 is 0 Å². The summed E-state index contributed by atoms with van der Waals surface area (Å²) in [6.07, 6.45) is 0. The molecule has 0 fully saturated rings. The summed E-state index contributed by atoms with van der Waals surface area (Å²) < 4.78 is 11.9. The number of hydrogen-bond donors (Lipinski definition) is 1. The molecule has 3 aromatic rings. The predicted molar refractivity (Wildman–Crippen MR) is 91.4 cm³/mol. The number of ether oxygens (including phenoxy) is 2. The van der Waals surface area contributed by atoms with Crippen LogP contribution in [0.2, 0.25) is 0 Å². The van der Waals surface area contributed by atoms with Gasteiger partial charge in [0.05, 0.1) is 19.9 Å². The van der Waals surface area contributed by atoms with Crippen molar-refractivity contribution in [3.05, 3.63) is 48.5 Å². The van der Waals surface area contributed by atoms with Gasteiger partial charge in [-0.05, 0) is 22.6 Å². The van der Waals surface area contributed by atoms with Crippen LogP contribution in [0.15, 0.2) is 48.5 Å². The Hall–Kier alpha value is -3.42. The molecule has 8 heteroatoms. The summed E-state index contributed by atoms with van der Waals surface area (Å²) in [6.45, 7) is -0.0302. The number of methoxy groups -OCH3 is 2. The van der Waals surface area contributed by atoms with E-state index in [1.165, 1.54) is 11.8 Å². The summed E-state index contributed by atoms with van der Waals surface area (Å²) in [5.41, 5.74) is 1.35. The van der Waals surface area contributed by atoms with Gasteiger partial charge in [-0.3, -0.25) is 4.79 Å². The average molecular weight is 339 g/mol. The minimum absolute atomic E-state index is 0.0302. The van der Waals surface area contributed by atoms with Crippen molar-refractivity contribution in [3.63, 3.8) is 0 Å². The van der Waals surface area contributed by atoms with Crippen LogP contribution in [0.5, 0.6) is 11.5 Å². The summed E-state index contributed by atoms with van der Waals surface area (Å²) in [4.78, 5) is 12.4. The fourth-order valence-corrected chi connectivity index (χ4v) is 2.34.